The summed E-state index contributed by atoms with van der Waals surface area (Å²) in [4.78, 5) is 11.3. The van der Waals surface area contributed by atoms with Gasteiger partial charge in [-0.15, -0.1) is 10.2 Å². The van der Waals surface area contributed by atoms with Gasteiger partial charge in [0.2, 0.25) is 0 Å². The zero-order chi connectivity index (χ0) is 15.6. The van der Waals surface area contributed by atoms with Crippen LogP contribution < -0.4 is 11.1 Å². The van der Waals surface area contributed by atoms with Gasteiger partial charge in [0.05, 0.1) is 11.5 Å². The number of hydrogen-bond acceptors (Lipinski definition) is 4. The number of nitrogens with two attached hydrogens (primary N) is 1. The largest absolute Gasteiger partial charge is 0.391 e. The van der Waals surface area contributed by atoms with Gasteiger partial charge >= 0.3 is 6.18 Å². The lowest BCUT2D eigenvalue weighted by Gasteiger charge is -2.31. The molecule has 1 amide bonds. The Labute approximate surface area is 124 Å². The summed E-state index contributed by atoms with van der Waals surface area (Å²) in [5.41, 5.74) is 5.22. The summed E-state index contributed by atoms with van der Waals surface area (Å²) in [6.07, 6.45) is -3.13. The average Bonchev–Trinajstić information content (AvgIpc) is 2.40. The highest BCUT2D eigenvalue weighted by Crippen LogP contribution is 2.38. The molecule has 1 saturated carbocycles. The van der Waals surface area contributed by atoms with Gasteiger partial charge in [-0.05, 0) is 25.3 Å². The molecule has 2 rings (SSSR count). The van der Waals surface area contributed by atoms with Crippen molar-refractivity contribution in [1.82, 2.24) is 10.2 Å². The van der Waals surface area contributed by atoms with Crippen LogP contribution in [0.4, 0.5) is 19.0 Å². The first-order valence-electron chi connectivity index (χ1n) is 6.43. The molecule has 1 aliphatic carbocycles. The number of primary amides is 1. The molecule has 116 valence electrons. The summed E-state index contributed by atoms with van der Waals surface area (Å²) in [7, 11) is 0. The lowest BCUT2D eigenvalue weighted by Crippen LogP contribution is -2.35. The Balaban J connectivity index is 2.13. The Morgan fingerprint density at radius 1 is 1.38 bits per heavy atom. The Morgan fingerprint density at radius 2 is 2.10 bits per heavy atom. The fourth-order valence-electron chi connectivity index (χ4n) is 2.47. The molecule has 21 heavy (non-hydrogen) atoms. The van der Waals surface area contributed by atoms with Crippen LogP contribution >= 0.6 is 11.6 Å². The van der Waals surface area contributed by atoms with Crippen LogP contribution in [0, 0.1) is 5.92 Å². The molecule has 5 nitrogen and oxygen atoms in total. The van der Waals surface area contributed by atoms with Crippen LogP contribution in [-0.2, 0) is 0 Å². The molecule has 1 heterocycles. The van der Waals surface area contributed by atoms with Crippen LogP contribution in [0.3, 0.4) is 0 Å². The number of carbonyl (C=O) groups is 1. The SMILES string of the molecule is NC(=O)c1cc(Cl)nnc1NC1CCCC(C(F)(F)F)C1. The van der Waals surface area contributed by atoms with Gasteiger partial charge < -0.3 is 11.1 Å². The van der Waals surface area contributed by atoms with Crippen molar-refractivity contribution in [3.05, 3.63) is 16.8 Å². The minimum Gasteiger partial charge on any atom is -0.365 e. The fourth-order valence-corrected chi connectivity index (χ4v) is 2.62. The summed E-state index contributed by atoms with van der Waals surface area (Å²) >= 11 is 5.63. The number of amides is 1. The zero-order valence-electron chi connectivity index (χ0n) is 11.0. The lowest BCUT2D eigenvalue weighted by molar-refractivity contribution is -0.182. The Hall–Kier alpha value is -1.57. The van der Waals surface area contributed by atoms with Crippen LogP contribution in [0.15, 0.2) is 6.07 Å². The molecule has 2 atom stereocenters. The van der Waals surface area contributed by atoms with E-state index in [1.165, 1.54) is 6.07 Å². The third-order valence-corrected chi connectivity index (χ3v) is 3.69. The maximum Gasteiger partial charge on any atom is 0.391 e. The predicted molar refractivity (Wildman–Crippen MR) is 71.0 cm³/mol. The molecule has 0 radical (unpaired) electrons. The van der Waals surface area contributed by atoms with Crippen LogP contribution in [0.5, 0.6) is 0 Å². The molecule has 2 unspecified atom stereocenters. The van der Waals surface area contributed by atoms with Crippen LogP contribution in [0.25, 0.3) is 0 Å². The first kappa shape index (κ1) is 15.8. The molecule has 1 aromatic rings. The number of hydrogen-bond donors (Lipinski definition) is 2. The molecular weight excluding hydrogens is 309 g/mol. The number of alkyl halides is 3. The van der Waals surface area contributed by atoms with Crippen LogP contribution in [0.1, 0.15) is 36.0 Å². The van der Waals surface area contributed by atoms with E-state index in [2.05, 4.69) is 15.5 Å². The maximum absolute atomic E-state index is 12.8. The zero-order valence-corrected chi connectivity index (χ0v) is 11.7. The van der Waals surface area contributed by atoms with Crippen LogP contribution in [0.2, 0.25) is 5.15 Å². The van der Waals surface area contributed by atoms with Crippen molar-refractivity contribution in [2.45, 2.75) is 37.9 Å². The number of halogens is 4. The Kier molecular flexibility index (Phi) is 4.55. The summed E-state index contributed by atoms with van der Waals surface area (Å²) in [6.45, 7) is 0. The molecule has 1 aliphatic rings. The van der Waals surface area contributed by atoms with E-state index in [0.717, 1.165) is 0 Å². The lowest BCUT2D eigenvalue weighted by atomic mass is 9.85. The van der Waals surface area contributed by atoms with Crippen molar-refractivity contribution in [1.29, 1.82) is 0 Å². The molecule has 9 heteroatoms. The number of anilines is 1. The quantitative estimate of drug-likeness (QED) is 0.896. The fraction of sp³-hybridized carbons (Fsp3) is 0.583. The highest BCUT2D eigenvalue weighted by atomic mass is 35.5. The molecule has 3 N–H and O–H groups in total. The maximum atomic E-state index is 12.8. The van der Waals surface area contributed by atoms with E-state index < -0.39 is 24.0 Å². The van der Waals surface area contributed by atoms with Crippen molar-refractivity contribution < 1.29 is 18.0 Å². The van der Waals surface area contributed by atoms with Crippen molar-refractivity contribution in [3.63, 3.8) is 0 Å². The van der Waals surface area contributed by atoms with Gasteiger partial charge in [-0.25, -0.2) is 0 Å². The van der Waals surface area contributed by atoms with Gasteiger partial charge in [-0.3, -0.25) is 4.79 Å². The normalized spacial score (nSPS) is 22.9. The van der Waals surface area contributed by atoms with Gasteiger partial charge in [-0.2, -0.15) is 13.2 Å². The molecule has 0 bridgehead atoms. The highest BCUT2D eigenvalue weighted by molar-refractivity contribution is 6.29. The minimum atomic E-state index is -4.21. The number of nitrogens with one attached hydrogen (secondary N) is 1. The summed E-state index contributed by atoms with van der Waals surface area (Å²) in [5, 5.41) is 10.1. The van der Waals surface area contributed by atoms with E-state index in [9.17, 15) is 18.0 Å². The first-order valence-corrected chi connectivity index (χ1v) is 6.81. The van der Waals surface area contributed by atoms with E-state index >= 15 is 0 Å². The van der Waals surface area contributed by atoms with Crippen molar-refractivity contribution in [2.24, 2.45) is 11.7 Å². The Bertz CT molecular complexity index is 538. The topological polar surface area (TPSA) is 80.9 Å². The molecule has 1 fully saturated rings. The molecule has 0 aliphatic heterocycles. The predicted octanol–water partition coefficient (Wildman–Crippen LogP) is 2.76. The first-order chi connectivity index (χ1) is 9.77. The number of nitrogens with zero attached hydrogens (tertiary/aromatic N) is 2. The molecular formula is C12H14ClF3N4O. The molecule has 1 aromatic heterocycles. The van der Waals surface area contributed by atoms with E-state index in [4.69, 9.17) is 17.3 Å². The third kappa shape index (κ3) is 3.96. The molecule has 0 saturated heterocycles. The third-order valence-electron chi connectivity index (χ3n) is 3.51. The van der Waals surface area contributed by atoms with Gasteiger partial charge in [-0.1, -0.05) is 18.0 Å². The second-order valence-corrected chi connectivity index (χ2v) is 5.43. The molecule has 0 spiro atoms. The standard InChI is InChI=1S/C12H14ClF3N4O/c13-9-5-8(10(17)21)11(20-19-9)18-7-3-1-2-6(4-7)12(14,15)16/h5-7H,1-4H2,(H2,17,21)(H,18,20). The smallest absolute Gasteiger partial charge is 0.365 e. The van der Waals surface area contributed by atoms with Crippen molar-refractivity contribution in [2.75, 3.05) is 5.32 Å². The number of rotatable bonds is 3. The second kappa shape index (κ2) is 6.05. The highest BCUT2D eigenvalue weighted by Gasteiger charge is 2.42. The second-order valence-electron chi connectivity index (χ2n) is 5.04. The molecule has 0 aromatic carbocycles. The summed E-state index contributed by atoms with van der Waals surface area (Å²) in [6, 6.07) is 0.808. The van der Waals surface area contributed by atoms with Gasteiger partial charge in [0.1, 0.15) is 0 Å². The van der Waals surface area contributed by atoms with Crippen molar-refractivity contribution in [3.8, 4) is 0 Å². The van der Waals surface area contributed by atoms with E-state index in [-0.39, 0.29) is 29.4 Å². The van der Waals surface area contributed by atoms with E-state index in [1.54, 1.807) is 0 Å². The Morgan fingerprint density at radius 3 is 2.71 bits per heavy atom. The van der Waals surface area contributed by atoms with Gasteiger partial charge in [0.15, 0.2) is 11.0 Å². The minimum absolute atomic E-state index is 0.00818. The number of aromatic nitrogens is 2. The van der Waals surface area contributed by atoms with Gasteiger partial charge in [0.25, 0.3) is 5.91 Å². The van der Waals surface area contributed by atoms with E-state index in [1.807, 2.05) is 0 Å². The van der Waals surface area contributed by atoms with Crippen molar-refractivity contribution >= 4 is 23.3 Å². The summed E-state index contributed by atoms with van der Waals surface area (Å²) in [5.74, 6) is -2.04. The monoisotopic (exact) mass is 322 g/mol. The van der Waals surface area contributed by atoms with Crippen LogP contribution in [-0.4, -0.2) is 28.3 Å². The van der Waals surface area contributed by atoms with E-state index in [0.29, 0.717) is 12.8 Å². The van der Waals surface area contributed by atoms with Gasteiger partial charge in [0, 0.05) is 6.04 Å². The average molecular weight is 323 g/mol. The number of carbonyl (C=O) groups excluding carboxylic acids is 1. The summed E-state index contributed by atoms with van der Waals surface area (Å²) < 4.78 is 38.3.